The molecule has 2 N–H and O–H groups in total. The maximum Gasteiger partial charge on any atom is 0.372 e. The zero-order valence-corrected chi connectivity index (χ0v) is 17.4. The van der Waals surface area contributed by atoms with Crippen LogP contribution in [0.4, 0.5) is 0 Å². The van der Waals surface area contributed by atoms with Gasteiger partial charge in [0.15, 0.2) is 9.84 Å². The van der Waals surface area contributed by atoms with Gasteiger partial charge in [-0.05, 0) is 32.3 Å². The Labute approximate surface area is 170 Å². The Morgan fingerprint density at radius 1 is 1.21 bits per heavy atom. The van der Waals surface area contributed by atoms with Crippen molar-refractivity contribution in [1.82, 2.24) is 5.32 Å². The number of Topliss-reactive ketones (excluding diaryl/α,β-unsaturated/α-hetero) is 1. The fourth-order valence-corrected chi connectivity index (χ4v) is 3.47. The lowest BCUT2D eigenvalue weighted by Crippen LogP contribution is -2.49. The van der Waals surface area contributed by atoms with Gasteiger partial charge in [0, 0.05) is 12.7 Å². The second kappa shape index (κ2) is 11.2. The molecule has 29 heavy (non-hydrogen) atoms. The first-order valence-corrected chi connectivity index (χ1v) is 11.0. The average molecular weight is 424 g/mol. The summed E-state index contributed by atoms with van der Waals surface area (Å²) in [5.41, 5.74) is 7.31. The van der Waals surface area contributed by atoms with Gasteiger partial charge in [0.2, 0.25) is 11.7 Å². The van der Waals surface area contributed by atoms with Gasteiger partial charge in [-0.25, -0.2) is 13.2 Å². The number of esters is 1. The Balaban J connectivity index is 3.01. The van der Waals surface area contributed by atoms with Crippen molar-refractivity contribution in [3.8, 4) is 0 Å². The van der Waals surface area contributed by atoms with Crippen molar-refractivity contribution in [2.45, 2.75) is 50.5 Å². The molecule has 158 valence electrons. The van der Waals surface area contributed by atoms with Crippen LogP contribution in [0.3, 0.4) is 0 Å². The maximum atomic E-state index is 12.7. The molecule has 0 radical (unpaired) electrons. The number of ketones is 1. The average Bonchev–Trinajstić information content (AvgIpc) is 2.62. The quantitative estimate of drug-likeness (QED) is 0.232. The number of sulfone groups is 1. The summed E-state index contributed by atoms with van der Waals surface area (Å²) >= 11 is 0. The molecular weight excluding hydrogens is 398 g/mol. The molecule has 0 aromatic heterocycles. The van der Waals surface area contributed by atoms with Crippen molar-refractivity contribution < 1.29 is 32.3 Å². The molecule has 9 nitrogen and oxygen atoms in total. The Bertz CT molecular complexity index is 876. The standard InChI is InChI=1S/C19H25N3O6S/c1-13(2)28-19(25)16(10-9-15(23)12-21-20)22-18(24)17(29(3,26)27)11-14-7-5-4-6-8-14/h4-8,12-13,16-17,20H,9-11H2,1-3H3/p+1/t16-,17-/m0/s1. The van der Waals surface area contributed by atoms with Gasteiger partial charge in [0.25, 0.3) is 0 Å². The summed E-state index contributed by atoms with van der Waals surface area (Å²) < 4.78 is 29.5. The lowest BCUT2D eigenvalue weighted by molar-refractivity contribution is -0.151. The minimum absolute atomic E-state index is 0.0537. The molecule has 0 aliphatic carbocycles. The first kappa shape index (κ1) is 24.2. The van der Waals surface area contributed by atoms with Crippen molar-refractivity contribution in [3.05, 3.63) is 35.9 Å². The van der Waals surface area contributed by atoms with Gasteiger partial charge in [-0.2, -0.15) is 0 Å². The van der Waals surface area contributed by atoms with Gasteiger partial charge >= 0.3 is 12.2 Å². The molecule has 0 spiro atoms. The van der Waals surface area contributed by atoms with Crippen LogP contribution in [-0.2, 0) is 35.4 Å². The number of amides is 1. The zero-order valence-electron chi connectivity index (χ0n) is 16.6. The minimum atomic E-state index is -3.77. The number of rotatable bonds is 11. The lowest BCUT2D eigenvalue weighted by Gasteiger charge is -2.21. The maximum absolute atomic E-state index is 12.7. The molecule has 10 heteroatoms. The third kappa shape index (κ3) is 8.80. The molecule has 1 aromatic carbocycles. The smallest absolute Gasteiger partial charge is 0.372 e. The summed E-state index contributed by atoms with van der Waals surface area (Å²) in [6.45, 7) is 3.26. The lowest BCUT2D eigenvalue weighted by atomic mass is 10.1. The van der Waals surface area contributed by atoms with Crippen LogP contribution >= 0.6 is 0 Å². The monoisotopic (exact) mass is 424 g/mol. The van der Waals surface area contributed by atoms with Crippen LogP contribution in [0, 0.1) is 5.53 Å². The van der Waals surface area contributed by atoms with E-state index in [1.54, 1.807) is 44.2 Å². The van der Waals surface area contributed by atoms with Gasteiger partial charge in [0.1, 0.15) is 11.3 Å². The summed E-state index contributed by atoms with van der Waals surface area (Å²) in [5, 5.41) is 1.01. The fourth-order valence-electron chi connectivity index (χ4n) is 2.52. The van der Waals surface area contributed by atoms with Crippen molar-refractivity contribution >= 4 is 33.7 Å². The number of nitrogens with one attached hydrogen (secondary N) is 2. The molecule has 0 heterocycles. The molecule has 1 aromatic rings. The van der Waals surface area contributed by atoms with E-state index in [1.807, 2.05) is 0 Å². The van der Waals surface area contributed by atoms with Gasteiger partial charge in [-0.1, -0.05) is 30.3 Å². The SMILES string of the molecule is CC(C)OC(=O)[C@H](CCC(=O)C=[N+]=N)NC(=O)[C@H](Cc1ccccc1)S(C)(=O)=O. The highest BCUT2D eigenvalue weighted by Gasteiger charge is 2.33. The third-order valence-electron chi connectivity index (χ3n) is 3.91. The number of hydrogen-bond donors (Lipinski definition) is 2. The molecule has 0 aliphatic heterocycles. The molecule has 0 bridgehead atoms. The van der Waals surface area contributed by atoms with Crippen LogP contribution < -0.4 is 5.32 Å². The fraction of sp³-hybridized carbons (Fsp3) is 0.474. The highest BCUT2D eigenvalue weighted by Crippen LogP contribution is 2.12. The van der Waals surface area contributed by atoms with Crippen molar-refractivity contribution in [1.29, 1.82) is 5.53 Å². The molecule has 1 rings (SSSR count). The molecule has 0 fully saturated rings. The van der Waals surface area contributed by atoms with Crippen LogP contribution in [-0.4, -0.2) is 60.7 Å². The Morgan fingerprint density at radius 3 is 2.34 bits per heavy atom. The highest BCUT2D eigenvalue weighted by molar-refractivity contribution is 7.92. The molecule has 2 atom stereocenters. The Morgan fingerprint density at radius 2 is 1.83 bits per heavy atom. The van der Waals surface area contributed by atoms with Crippen molar-refractivity contribution in [2.24, 2.45) is 0 Å². The van der Waals surface area contributed by atoms with E-state index >= 15 is 0 Å². The molecule has 0 unspecified atom stereocenters. The van der Waals surface area contributed by atoms with Gasteiger partial charge in [-0.15, -0.1) is 0 Å². The first-order valence-electron chi connectivity index (χ1n) is 9.00. The predicted octanol–water partition coefficient (Wildman–Crippen LogP) is 0.738. The van der Waals surface area contributed by atoms with E-state index in [4.69, 9.17) is 10.3 Å². The molecule has 0 saturated heterocycles. The van der Waals surface area contributed by atoms with E-state index in [0.717, 1.165) is 12.5 Å². The van der Waals surface area contributed by atoms with Crippen LogP contribution in [0.15, 0.2) is 30.3 Å². The Kier molecular flexibility index (Phi) is 9.37. The van der Waals surface area contributed by atoms with Crippen LogP contribution in [0.5, 0.6) is 0 Å². The number of carbonyl (C=O) groups excluding carboxylic acids is 3. The van der Waals surface area contributed by atoms with Crippen molar-refractivity contribution in [2.75, 3.05) is 6.26 Å². The predicted molar refractivity (Wildman–Crippen MR) is 105 cm³/mol. The van der Waals surface area contributed by atoms with E-state index in [-0.39, 0.29) is 19.3 Å². The molecular formula is C19H26N3O6S+. The molecule has 0 aliphatic rings. The van der Waals surface area contributed by atoms with Gasteiger partial charge < -0.3 is 10.1 Å². The number of nitrogens with zero attached hydrogens (tertiary/aromatic N) is 1. The minimum Gasteiger partial charge on any atom is -0.461 e. The molecule has 1 amide bonds. The number of benzene rings is 1. The van der Waals surface area contributed by atoms with Crippen LogP contribution in [0.25, 0.3) is 0 Å². The first-order chi connectivity index (χ1) is 13.5. The second-order valence-corrected chi connectivity index (χ2v) is 9.05. The number of ether oxygens (including phenoxy) is 1. The van der Waals surface area contributed by atoms with E-state index < -0.39 is 44.9 Å². The van der Waals surface area contributed by atoms with Crippen LogP contribution in [0.2, 0.25) is 0 Å². The number of carbonyl (C=O) groups is 3. The molecule has 0 saturated carbocycles. The highest BCUT2D eigenvalue weighted by atomic mass is 32.2. The summed E-state index contributed by atoms with van der Waals surface area (Å²) in [4.78, 5) is 39.5. The van der Waals surface area contributed by atoms with E-state index in [0.29, 0.717) is 5.56 Å². The summed E-state index contributed by atoms with van der Waals surface area (Å²) in [7, 11) is -3.77. The van der Waals surface area contributed by atoms with E-state index in [9.17, 15) is 22.8 Å². The van der Waals surface area contributed by atoms with Crippen LogP contribution in [0.1, 0.15) is 32.3 Å². The third-order valence-corrected chi connectivity index (χ3v) is 5.33. The zero-order chi connectivity index (χ0) is 22.0. The van der Waals surface area contributed by atoms with Gasteiger partial charge in [-0.3, -0.25) is 9.59 Å². The summed E-state index contributed by atoms with van der Waals surface area (Å²) in [5.74, 6) is -2.11. The number of hydrogen-bond acceptors (Lipinski definition) is 7. The van der Waals surface area contributed by atoms with Gasteiger partial charge in [0.05, 0.1) is 16.4 Å². The largest absolute Gasteiger partial charge is 0.461 e. The van der Waals surface area contributed by atoms with E-state index in [2.05, 4.69) is 10.1 Å². The van der Waals surface area contributed by atoms with E-state index in [1.165, 1.54) is 0 Å². The van der Waals surface area contributed by atoms with Crippen molar-refractivity contribution in [3.63, 3.8) is 0 Å². The Hall–Kier alpha value is -2.84. The summed E-state index contributed by atoms with van der Waals surface area (Å²) in [6, 6.07) is 7.44. The normalized spacial score (nSPS) is 13.1. The topological polar surface area (TPSA) is 145 Å². The summed E-state index contributed by atoms with van der Waals surface area (Å²) in [6.07, 6.45) is 0.966. The second-order valence-electron chi connectivity index (χ2n) is 6.82.